The predicted molar refractivity (Wildman–Crippen MR) is 65.4 cm³/mol. The number of alkyl halides is 1. The topological polar surface area (TPSA) is 118 Å². The molecule has 0 aromatic carbocycles. The van der Waals surface area contributed by atoms with Crippen molar-refractivity contribution >= 4 is 39.3 Å². The van der Waals surface area contributed by atoms with Gasteiger partial charge in [0.2, 0.25) is 5.91 Å². The van der Waals surface area contributed by atoms with Gasteiger partial charge in [0.15, 0.2) is 15.2 Å². The molecule has 2 atom stereocenters. The number of esters is 1. The standard InChI is InChI=1S/C10H10ClNO7S/c1-4(13)19-2-5-3-20(17,18)9-6(11)8(14)12(9)7(5)10(15)16/h6,9H,2-3H2,1H3,(H,15,16)/t6-,9+/m0/s1. The number of sulfone groups is 1. The molecule has 0 spiro atoms. The van der Waals surface area contributed by atoms with E-state index in [2.05, 4.69) is 4.74 Å². The highest BCUT2D eigenvalue weighted by atomic mass is 35.5. The first kappa shape index (κ1) is 14.8. The zero-order valence-corrected chi connectivity index (χ0v) is 11.8. The maximum atomic E-state index is 12.0. The van der Waals surface area contributed by atoms with Gasteiger partial charge in [-0.05, 0) is 0 Å². The first-order chi connectivity index (χ1) is 9.16. The molecular weight excluding hydrogens is 314 g/mol. The Morgan fingerprint density at radius 1 is 1.50 bits per heavy atom. The molecule has 1 amide bonds. The van der Waals surface area contributed by atoms with Gasteiger partial charge < -0.3 is 9.84 Å². The highest BCUT2D eigenvalue weighted by Gasteiger charge is 2.59. The van der Waals surface area contributed by atoms with Crippen molar-refractivity contribution < 1.29 is 32.6 Å². The molecule has 2 aliphatic heterocycles. The normalized spacial score (nSPS) is 27.7. The minimum atomic E-state index is -3.81. The molecular formula is C10H10ClNO7S. The molecule has 1 fully saturated rings. The van der Waals surface area contributed by atoms with Crippen molar-refractivity contribution in [2.24, 2.45) is 0 Å². The van der Waals surface area contributed by atoms with Gasteiger partial charge in [0.05, 0.1) is 5.75 Å². The van der Waals surface area contributed by atoms with Gasteiger partial charge in [-0.2, -0.15) is 0 Å². The van der Waals surface area contributed by atoms with Crippen molar-refractivity contribution in [1.29, 1.82) is 0 Å². The molecule has 0 unspecified atom stereocenters. The molecule has 0 saturated carbocycles. The summed E-state index contributed by atoms with van der Waals surface area (Å²) in [6.45, 7) is 0.602. The smallest absolute Gasteiger partial charge is 0.352 e. The number of rotatable bonds is 3. The number of hydrogen-bond donors (Lipinski definition) is 1. The van der Waals surface area contributed by atoms with Crippen LogP contribution in [-0.4, -0.2) is 59.4 Å². The summed E-state index contributed by atoms with van der Waals surface area (Å²) < 4.78 is 28.6. The van der Waals surface area contributed by atoms with Crippen LogP contribution in [0, 0.1) is 0 Å². The Labute approximate surface area is 118 Å². The van der Waals surface area contributed by atoms with E-state index in [1.807, 2.05) is 0 Å². The highest BCUT2D eigenvalue weighted by Crippen LogP contribution is 2.39. The number of hydrogen-bond acceptors (Lipinski definition) is 6. The Bertz CT molecular complexity index is 638. The maximum Gasteiger partial charge on any atom is 0.352 e. The van der Waals surface area contributed by atoms with E-state index in [4.69, 9.17) is 16.7 Å². The lowest BCUT2D eigenvalue weighted by Gasteiger charge is -2.46. The quantitative estimate of drug-likeness (QED) is 0.406. The van der Waals surface area contributed by atoms with Crippen LogP contribution in [0.3, 0.4) is 0 Å². The van der Waals surface area contributed by atoms with Gasteiger partial charge >= 0.3 is 11.9 Å². The Balaban J connectivity index is 2.47. The number of amides is 1. The summed E-state index contributed by atoms with van der Waals surface area (Å²) in [7, 11) is -3.81. The van der Waals surface area contributed by atoms with Crippen LogP contribution in [0.2, 0.25) is 0 Å². The number of nitrogens with zero attached hydrogens (tertiary/aromatic N) is 1. The van der Waals surface area contributed by atoms with Gasteiger partial charge in [-0.3, -0.25) is 14.5 Å². The van der Waals surface area contributed by atoms with E-state index in [9.17, 15) is 22.8 Å². The van der Waals surface area contributed by atoms with Crippen LogP contribution < -0.4 is 0 Å². The predicted octanol–water partition coefficient (Wildman–Crippen LogP) is -0.908. The number of carboxylic acid groups (broad SMARTS) is 1. The molecule has 2 rings (SSSR count). The van der Waals surface area contributed by atoms with Crippen LogP contribution in [0.1, 0.15) is 6.92 Å². The van der Waals surface area contributed by atoms with Crippen LogP contribution in [0.5, 0.6) is 0 Å². The van der Waals surface area contributed by atoms with Gasteiger partial charge in [0.25, 0.3) is 0 Å². The van der Waals surface area contributed by atoms with Crippen LogP contribution >= 0.6 is 11.6 Å². The van der Waals surface area contributed by atoms with Crippen LogP contribution in [0.4, 0.5) is 0 Å². The number of carboxylic acids is 1. The van der Waals surface area contributed by atoms with Gasteiger partial charge in [0, 0.05) is 12.5 Å². The minimum Gasteiger partial charge on any atom is -0.477 e. The van der Waals surface area contributed by atoms with E-state index in [1.165, 1.54) is 0 Å². The Morgan fingerprint density at radius 3 is 2.60 bits per heavy atom. The molecule has 20 heavy (non-hydrogen) atoms. The van der Waals surface area contributed by atoms with Gasteiger partial charge in [-0.1, -0.05) is 0 Å². The Kier molecular flexibility index (Phi) is 3.51. The molecule has 110 valence electrons. The Morgan fingerprint density at radius 2 is 2.10 bits per heavy atom. The first-order valence-corrected chi connectivity index (χ1v) is 7.59. The SMILES string of the molecule is CC(=O)OCC1=C(C(=O)O)N2C(=O)[C@H](Cl)[C@H]2S(=O)(=O)C1. The fourth-order valence-corrected chi connectivity index (χ4v) is 4.70. The lowest BCUT2D eigenvalue weighted by atomic mass is 10.1. The second kappa shape index (κ2) is 4.74. The monoisotopic (exact) mass is 323 g/mol. The second-order valence-corrected chi connectivity index (χ2v) is 6.91. The number of fused-ring (bicyclic) bond motifs is 1. The summed E-state index contributed by atoms with van der Waals surface area (Å²) in [6, 6.07) is 0. The zero-order chi connectivity index (χ0) is 15.2. The van der Waals surface area contributed by atoms with E-state index in [1.54, 1.807) is 0 Å². The molecule has 8 nitrogen and oxygen atoms in total. The number of halogens is 1. The van der Waals surface area contributed by atoms with Crippen molar-refractivity contribution in [3.8, 4) is 0 Å². The van der Waals surface area contributed by atoms with E-state index >= 15 is 0 Å². The van der Waals surface area contributed by atoms with Crippen molar-refractivity contribution in [3.63, 3.8) is 0 Å². The summed E-state index contributed by atoms with van der Waals surface area (Å²) in [6.07, 6.45) is 0. The van der Waals surface area contributed by atoms with Gasteiger partial charge in [-0.25, -0.2) is 13.2 Å². The summed E-state index contributed by atoms with van der Waals surface area (Å²) in [5, 5.41) is 6.48. The lowest BCUT2D eigenvalue weighted by Crippen LogP contribution is -2.68. The third kappa shape index (κ3) is 2.16. The van der Waals surface area contributed by atoms with E-state index in [0.717, 1.165) is 6.92 Å². The molecule has 0 aromatic rings. The lowest BCUT2D eigenvalue weighted by molar-refractivity contribution is -0.146. The molecule has 0 aromatic heterocycles. The van der Waals surface area contributed by atoms with E-state index < -0.39 is 56.5 Å². The summed E-state index contributed by atoms with van der Waals surface area (Å²) >= 11 is 5.63. The molecule has 0 aliphatic carbocycles. The van der Waals surface area contributed by atoms with Gasteiger partial charge in [-0.15, -0.1) is 11.6 Å². The van der Waals surface area contributed by atoms with Crippen molar-refractivity contribution in [2.75, 3.05) is 12.4 Å². The molecule has 2 heterocycles. The van der Waals surface area contributed by atoms with E-state index in [-0.39, 0.29) is 5.57 Å². The third-order valence-corrected chi connectivity index (χ3v) is 5.49. The van der Waals surface area contributed by atoms with Crippen molar-refractivity contribution in [3.05, 3.63) is 11.3 Å². The average Bonchev–Trinajstić information content (AvgIpc) is 2.32. The van der Waals surface area contributed by atoms with Crippen LogP contribution in [-0.2, 0) is 29.0 Å². The summed E-state index contributed by atoms with van der Waals surface area (Å²) in [4.78, 5) is 34.2. The minimum absolute atomic E-state index is 0.152. The molecule has 0 bridgehead atoms. The van der Waals surface area contributed by atoms with Crippen molar-refractivity contribution in [1.82, 2.24) is 4.90 Å². The molecule has 1 N–H and O–H groups in total. The molecule has 1 saturated heterocycles. The number of β-lactam (4-membered cyclic amide) rings is 1. The van der Waals surface area contributed by atoms with Crippen LogP contribution in [0.25, 0.3) is 0 Å². The summed E-state index contributed by atoms with van der Waals surface area (Å²) in [5.74, 6) is -3.56. The van der Waals surface area contributed by atoms with E-state index in [0.29, 0.717) is 4.90 Å². The number of carbonyl (C=O) groups is 3. The van der Waals surface area contributed by atoms with Gasteiger partial charge in [0.1, 0.15) is 17.7 Å². The second-order valence-electron chi connectivity index (χ2n) is 4.35. The highest BCUT2D eigenvalue weighted by molar-refractivity contribution is 7.92. The fourth-order valence-electron chi connectivity index (χ4n) is 2.13. The third-order valence-electron chi connectivity index (χ3n) is 2.95. The molecule has 10 heteroatoms. The number of carbonyl (C=O) groups excluding carboxylic acids is 2. The Hall–Kier alpha value is -1.61. The zero-order valence-electron chi connectivity index (χ0n) is 10.2. The average molecular weight is 324 g/mol. The maximum absolute atomic E-state index is 12.0. The summed E-state index contributed by atoms with van der Waals surface area (Å²) in [5.41, 5.74) is -0.631. The number of aliphatic carboxylic acids is 1. The largest absolute Gasteiger partial charge is 0.477 e. The first-order valence-electron chi connectivity index (χ1n) is 5.44. The number of ether oxygens (including phenoxy) is 1. The fraction of sp³-hybridized carbons (Fsp3) is 0.500. The van der Waals surface area contributed by atoms with Crippen LogP contribution in [0.15, 0.2) is 11.3 Å². The molecule has 2 aliphatic rings. The van der Waals surface area contributed by atoms with Crippen molar-refractivity contribution in [2.45, 2.75) is 17.7 Å². The molecule has 0 radical (unpaired) electrons.